The maximum Gasteiger partial charge on any atom is 0.129 e. The summed E-state index contributed by atoms with van der Waals surface area (Å²) >= 11 is 0. The number of rotatable bonds is 3. The van der Waals surface area contributed by atoms with Gasteiger partial charge < -0.3 is 15.2 Å². The molecule has 0 radical (unpaired) electrons. The smallest absolute Gasteiger partial charge is 0.129 e. The van der Waals surface area contributed by atoms with Gasteiger partial charge in [0.15, 0.2) is 0 Å². The number of hydrogen-bond acceptors (Lipinski definition) is 3. The molecule has 2 N–H and O–H groups in total. The van der Waals surface area contributed by atoms with Crippen LogP contribution in [-0.2, 0) is 12.8 Å². The Kier molecular flexibility index (Phi) is 2.80. The van der Waals surface area contributed by atoms with Crippen molar-refractivity contribution in [1.29, 1.82) is 0 Å². The summed E-state index contributed by atoms with van der Waals surface area (Å²) in [5, 5.41) is 0. The van der Waals surface area contributed by atoms with Crippen molar-refractivity contribution < 1.29 is 9.47 Å². The Morgan fingerprint density at radius 3 is 2.81 bits per heavy atom. The Bertz CT molecular complexity index is 394. The Balaban J connectivity index is 2.39. The lowest BCUT2D eigenvalue weighted by Crippen LogP contribution is -2.34. The predicted octanol–water partition coefficient (Wildman–Crippen LogP) is 1.91. The van der Waals surface area contributed by atoms with E-state index in [-0.39, 0.29) is 5.54 Å². The van der Waals surface area contributed by atoms with Gasteiger partial charge >= 0.3 is 0 Å². The highest BCUT2D eigenvalue weighted by molar-refractivity contribution is 5.52. The Hall–Kier alpha value is -1.22. The number of fused-ring (bicyclic) bond motifs is 1. The van der Waals surface area contributed by atoms with Gasteiger partial charge in [0.05, 0.1) is 13.7 Å². The van der Waals surface area contributed by atoms with Crippen molar-refractivity contribution in [3.8, 4) is 11.5 Å². The van der Waals surface area contributed by atoms with E-state index >= 15 is 0 Å². The number of ether oxygens (including phenoxy) is 2. The van der Waals surface area contributed by atoms with E-state index in [0.29, 0.717) is 0 Å². The van der Waals surface area contributed by atoms with Crippen LogP contribution in [0.2, 0.25) is 0 Å². The first kappa shape index (κ1) is 11.3. The summed E-state index contributed by atoms with van der Waals surface area (Å²) in [7, 11) is 1.71. The normalized spacial score (nSPS) is 14.5. The van der Waals surface area contributed by atoms with Crippen LogP contribution < -0.4 is 15.2 Å². The molecule has 0 unspecified atom stereocenters. The highest BCUT2D eigenvalue weighted by atomic mass is 16.5. The Morgan fingerprint density at radius 2 is 2.19 bits per heavy atom. The molecule has 1 aromatic carbocycles. The molecule has 0 amide bonds. The third-order valence-corrected chi connectivity index (χ3v) is 2.76. The molecule has 0 spiro atoms. The minimum atomic E-state index is -0.221. The standard InChI is InChI=1S/C13H19NO2/c1-13(2,14)8-9-4-5-11-10(6-7-16-11)12(9)15-3/h4-5H,6-8,14H2,1-3H3. The zero-order valence-corrected chi connectivity index (χ0v) is 10.2. The maximum atomic E-state index is 6.05. The second-order valence-corrected chi connectivity index (χ2v) is 5.00. The van der Waals surface area contributed by atoms with Gasteiger partial charge in [-0.25, -0.2) is 0 Å². The van der Waals surface area contributed by atoms with Gasteiger partial charge in [-0.1, -0.05) is 6.07 Å². The highest BCUT2D eigenvalue weighted by Crippen LogP contribution is 2.37. The monoisotopic (exact) mass is 221 g/mol. The fourth-order valence-corrected chi connectivity index (χ4v) is 2.18. The number of nitrogens with two attached hydrogens (primary N) is 1. The summed E-state index contributed by atoms with van der Waals surface area (Å²) in [4.78, 5) is 0. The molecule has 0 atom stereocenters. The molecule has 1 aliphatic heterocycles. The molecule has 88 valence electrons. The van der Waals surface area contributed by atoms with Crippen molar-refractivity contribution in [3.05, 3.63) is 23.3 Å². The summed E-state index contributed by atoms with van der Waals surface area (Å²) in [5.41, 5.74) is 8.18. The minimum absolute atomic E-state index is 0.221. The van der Waals surface area contributed by atoms with E-state index < -0.39 is 0 Å². The van der Waals surface area contributed by atoms with Crippen LogP contribution in [-0.4, -0.2) is 19.3 Å². The fraction of sp³-hybridized carbons (Fsp3) is 0.538. The van der Waals surface area contributed by atoms with Crippen molar-refractivity contribution in [2.45, 2.75) is 32.2 Å². The van der Waals surface area contributed by atoms with Crippen LogP contribution in [0.25, 0.3) is 0 Å². The van der Waals surface area contributed by atoms with Crippen molar-refractivity contribution in [3.63, 3.8) is 0 Å². The highest BCUT2D eigenvalue weighted by Gasteiger charge is 2.22. The van der Waals surface area contributed by atoms with Gasteiger partial charge in [-0.2, -0.15) is 0 Å². The van der Waals surface area contributed by atoms with Crippen LogP contribution in [0.3, 0.4) is 0 Å². The van der Waals surface area contributed by atoms with Crippen molar-refractivity contribution in [2.24, 2.45) is 5.73 Å². The van der Waals surface area contributed by atoms with Gasteiger partial charge in [-0.15, -0.1) is 0 Å². The fourth-order valence-electron chi connectivity index (χ4n) is 2.18. The molecule has 1 aromatic rings. The van der Waals surface area contributed by atoms with Crippen molar-refractivity contribution in [2.75, 3.05) is 13.7 Å². The van der Waals surface area contributed by atoms with E-state index in [0.717, 1.165) is 30.9 Å². The average molecular weight is 221 g/mol. The molecule has 0 fully saturated rings. The molecule has 0 bridgehead atoms. The lowest BCUT2D eigenvalue weighted by Gasteiger charge is -2.21. The van der Waals surface area contributed by atoms with Crippen LogP contribution in [0.5, 0.6) is 11.5 Å². The largest absolute Gasteiger partial charge is 0.496 e. The molecule has 1 aliphatic rings. The minimum Gasteiger partial charge on any atom is -0.496 e. The first-order valence-corrected chi connectivity index (χ1v) is 5.62. The molecule has 1 heterocycles. The summed E-state index contributed by atoms with van der Waals surface area (Å²) in [6.07, 6.45) is 1.74. The van der Waals surface area contributed by atoms with Gasteiger partial charge in [0, 0.05) is 17.5 Å². The third kappa shape index (κ3) is 2.14. The van der Waals surface area contributed by atoms with Gasteiger partial charge in [0.2, 0.25) is 0 Å². The van der Waals surface area contributed by atoms with E-state index in [1.807, 2.05) is 19.9 Å². The maximum absolute atomic E-state index is 6.05. The van der Waals surface area contributed by atoms with Crippen LogP contribution in [0, 0.1) is 0 Å². The van der Waals surface area contributed by atoms with Crippen LogP contribution in [0.4, 0.5) is 0 Å². The summed E-state index contributed by atoms with van der Waals surface area (Å²) < 4.78 is 11.0. The molecule has 3 heteroatoms. The van der Waals surface area contributed by atoms with Crippen LogP contribution in [0.15, 0.2) is 12.1 Å². The number of hydrogen-bond donors (Lipinski definition) is 1. The zero-order valence-electron chi connectivity index (χ0n) is 10.2. The van der Waals surface area contributed by atoms with E-state index in [9.17, 15) is 0 Å². The van der Waals surface area contributed by atoms with E-state index in [1.165, 1.54) is 11.1 Å². The second kappa shape index (κ2) is 3.98. The van der Waals surface area contributed by atoms with Crippen LogP contribution in [0.1, 0.15) is 25.0 Å². The Labute approximate surface area is 96.5 Å². The molecular weight excluding hydrogens is 202 g/mol. The second-order valence-electron chi connectivity index (χ2n) is 5.00. The predicted molar refractivity (Wildman–Crippen MR) is 64.2 cm³/mol. The molecule has 16 heavy (non-hydrogen) atoms. The van der Waals surface area contributed by atoms with Gasteiger partial charge in [-0.3, -0.25) is 0 Å². The molecule has 0 saturated heterocycles. The van der Waals surface area contributed by atoms with Crippen molar-refractivity contribution in [1.82, 2.24) is 0 Å². The van der Waals surface area contributed by atoms with E-state index in [1.54, 1.807) is 7.11 Å². The van der Waals surface area contributed by atoms with Gasteiger partial charge in [0.1, 0.15) is 11.5 Å². The summed E-state index contributed by atoms with van der Waals surface area (Å²) in [5.74, 6) is 1.91. The van der Waals surface area contributed by atoms with E-state index in [2.05, 4.69) is 6.07 Å². The molecule has 2 rings (SSSR count). The third-order valence-electron chi connectivity index (χ3n) is 2.76. The number of benzene rings is 1. The van der Waals surface area contributed by atoms with E-state index in [4.69, 9.17) is 15.2 Å². The van der Waals surface area contributed by atoms with Gasteiger partial charge in [0.25, 0.3) is 0 Å². The zero-order chi connectivity index (χ0) is 11.8. The summed E-state index contributed by atoms with van der Waals surface area (Å²) in [6, 6.07) is 4.07. The molecule has 0 aromatic heterocycles. The van der Waals surface area contributed by atoms with Gasteiger partial charge in [-0.05, 0) is 31.9 Å². The first-order chi connectivity index (χ1) is 7.51. The first-order valence-electron chi connectivity index (χ1n) is 5.62. The topological polar surface area (TPSA) is 44.5 Å². The molecule has 0 aliphatic carbocycles. The lowest BCUT2D eigenvalue weighted by atomic mass is 9.93. The molecule has 3 nitrogen and oxygen atoms in total. The SMILES string of the molecule is COc1c(CC(C)(C)N)ccc2c1CCO2. The summed E-state index contributed by atoms with van der Waals surface area (Å²) in [6.45, 7) is 4.80. The lowest BCUT2D eigenvalue weighted by molar-refractivity contribution is 0.356. The number of methoxy groups -OCH3 is 1. The quantitative estimate of drug-likeness (QED) is 0.848. The molecule has 0 saturated carbocycles. The van der Waals surface area contributed by atoms with Crippen LogP contribution >= 0.6 is 0 Å². The molecular formula is C13H19NO2. The average Bonchev–Trinajstić information content (AvgIpc) is 2.62. The Morgan fingerprint density at radius 1 is 1.44 bits per heavy atom. The van der Waals surface area contributed by atoms with Crippen molar-refractivity contribution >= 4 is 0 Å².